The maximum atomic E-state index is 13.4. The average Bonchev–Trinajstić information content (AvgIpc) is 2.64. The maximum absolute atomic E-state index is 13.4. The van der Waals surface area contributed by atoms with Gasteiger partial charge in [-0.15, -0.1) is 0 Å². The summed E-state index contributed by atoms with van der Waals surface area (Å²) in [5.41, 5.74) is -1.21. The standard InChI is InChI=1S/C23H32ClNO4S/c1-14-19(24)6-5-7-20(14)30(28,29)25(4)22(2,3)21(26)10-18-16-8-15-9-17(18)13-23(27,11-15)12-16/h5-7,15-18,27H,8-13H2,1-4H3. The summed E-state index contributed by atoms with van der Waals surface area (Å²) in [6.45, 7) is 5.06. The lowest BCUT2D eigenvalue weighted by Crippen LogP contribution is -2.56. The van der Waals surface area contributed by atoms with Crippen LogP contribution >= 0.6 is 11.6 Å². The Morgan fingerprint density at radius 1 is 1.23 bits per heavy atom. The predicted octanol–water partition coefficient (Wildman–Crippen LogP) is 4.19. The van der Waals surface area contributed by atoms with E-state index in [0.29, 0.717) is 34.8 Å². The Morgan fingerprint density at radius 3 is 2.40 bits per heavy atom. The van der Waals surface area contributed by atoms with Crippen molar-refractivity contribution in [3.8, 4) is 0 Å². The van der Waals surface area contributed by atoms with Crippen molar-refractivity contribution in [2.45, 2.75) is 75.3 Å². The van der Waals surface area contributed by atoms with E-state index in [1.165, 1.54) is 17.4 Å². The minimum Gasteiger partial charge on any atom is -0.390 e. The molecule has 1 aromatic carbocycles. The Bertz CT molecular complexity index is 957. The van der Waals surface area contributed by atoms with Gasteiger partial charge in [0.15, 0.2) is 5.78 Å². The van der Waals surface area contributed by atoms with Crippen molar-refractivity contribution in [1.29, 1.82) is 0 Å². The van der Waals surface area contributed by atoms with Gasteiger partial charge in [-0.25, -0.2) is 8.42 Å². The lowest BCUT2D eigenvalue weighted by atomic mass is 9.49. The van der Waals surface area contributed by atoms with E-state index < -0.39 is 21.2 Å². The van der Waals surface area contributed by atoms with Gasteiger partial charge < -0.3 is 5.11 Å². The highest BCUT2D eigenvalue weighted by Gasteiger charge is 2.55. The Morgan fingerprint density at radius 2 is 1.83 bits per heavy atom. The highest BCUT2D eigenvalue weighted by molar-refractivity contribution is 7.89. The van der Waals surface area contributed by atoms with Crippen molar-refractivity contribution in [3.63, 3.8) is 0 Å². The number of hydrogen-bond donors (Lipinski definition) is 1. The summed E-state index contributed by atoms with van der Waals surface area (Å²) in [5, 5.41) is 11.2. The lowest BCUT2D eigenvalue weighted by molar-refractivity contribution is -0.159. The molecule has 4 bridgehead atoms. The first kappa shape index (κ1) is 22.3. The molecule has 0 saturated heterocycles. The summed E-state index contributed by atoms with van der Waals surface area (Å²) >= 11 is 6.14. The summed E-state index contributed by atoms with van der Waals surface area (Å²) in [6, 6.07) is 4.81. The summed E-state index contributed by atoms with van der Waals surface area (Å²) in [6.07, 6.45) is 5.04. The average molecular weight is 454 g/mol. The third-order valence-electron chi connectivity index (χ3n) is 8.18. The molecule has 0 heterocycles. The Hall–Kier alpha value is -0.950. The number of aliphatic hydroxyl groups is 1. The molecular formula is C23H32ClNO4S. The molecule has 30 heavy (non-hydrogen) atoms. The summed E-state index contributed by atoms with van der Waals surface area (Å²) in [4.78, 5) is 13.5. The molecule has 5 rings (SSSR count). The predicted molar refractivity (Wildman–Crippen MR) is 117 cm³/mol. The number of ketones is 1. The lowest BCUT2D eigenvalue weighted by Gasteiger charge is -2.58. The minimum atomic E-state index is -3.88. The normalized spacial score (nSPS) is 33.3. The van der Waals surface area contributed by atoms with Crippen LogP contribution in [0.4, 0.5) is 0 Å². The molecule has 4 fully saturated rings. The Labute approximate surface area is 184 Å². The topological polar surface area (TPSA) is 74.7 Å². The van der Waals surface area contributed by atoms with E-state index in [-0.39, 0.29) is 16.6 Å². The number of sulfonamides is 1. The van der Waals surface area contributed by atoms with Crippen LogP contribution in [0.3, 0.4) is 0 Å². The third kappa shape index (κ3) is 3.54. The van der Waals surface area contributed by atoms with Gasteiger partial charge in [0, 0.05) is 18.5 Å². The van der Waals surface area contributed by atoms with Gasteiger partial charge in [0.05, 0.1) is 16.0 Å². The Kier molecular flexibility index (Phi) is 5.41. The SMILES string of the molecule is Cc1c(Cl)cccc1S(=O)(=O)N(C)C(C)(C)C(=O)CC1C2CC3CC1CC(O)(C3)C2. The van der Waals surface area contributed by atoms with Crippen molar-refractivity contribution in [2.24, 2.45) is 23.7 Å². The highest BCUT2D eigenvalue weighted by Crippen LogP contribution is 2.59. The number of benzene rings is 1. The van der Waals surface area contributed by atoms with Crippen LogP contribution in [-0.2, 0) is 14.8 Å². The first-order valence-electron chi connectivity index (χ1n) is 10.8. The van der Waals surface area contributed by atoms with E-state index in [0.717, 1.165) is 32.1 Å². The molecule has 166 valence electrons. The van der Waals surface area contributed by atoms with E-state index in [2.05, 4.69) is 0 Å². The minimum absolute atomic E-state index is 0.0577. The second-order valence-corrected chi connectivity index (χ2v) is 12.7. The fourth-order valence-electron chi connectivity index (χ4n) is 6.37. The monoisotopic (exact) mass is 453 g/mol. The molecule has 4 aliphatic rings. The van der Waals surface area contributed by atoms with E-state index in [9.17, 15) is 18.3 Å². The zero-order valence-corrected chi connectivity index (χ0v) is 19.8. The van der Waals surface area contributed by atoms with Crippen LogP contribution in [0.5, 0.6) is 0 Å². The number of nitrogens with zero attached hydrogens (tertiary/aromatic N) is 1. The number of Topliss-reactive ketones (excluding diaryl/α,β-unsaturated/α-hetero) is 1. The zero-order valence-electron chi connectivity index (χ0n) is 18.2. The van der Waals surface area contributed by atoms with Gasteiger partial charge in [0.1, 0.15) is 0 Å². The van der Waals surface area contributed by atoms with Crippen LogP contribution in [0.25, 0.3) is 0 Å². The van der Waals surface area contributed by atoms with Crippen LogP contribution < -0.4 is 0 Å². The van der Waals surface area contributed by atoms with Crippen molar-refractivity contribution >= 4 is 27.4 Å². The van der Waals surface area contributed by atoms with E-state index in [1.54, 1.807) is 32.9 Å². The number of hydrogen-bond acceptors (Lipinski definition) is 4. The van der Waals surface area contributed by atoms with Crippen molar-refractivity contribution in [3.05, 3.63) is 28.8 Å². The largest absolute Gasteiger partial charge is 0.390 e. The van der Waals surface area contributed by atoms with Crippen LogP contribution in [0.2, 0.25) is 5.02 Å². The number of carbonyl (C=O) groups excluding carboxylic acids is 1. The van der Waals surface area contributed by atoms with Gasteiger partial charge in [0.2, 0.25) is 10.0 Å². The first-order chi connectivity index (χ1) is 13.8. The fourth-order valence-corrected chi connectivity index (χ4v) is 8.35. The zero-order chi connectivity index (χ0) is 22.1. The van der Waals surface area contributed by atoms with E-state index in [1.807, 2.05) is 0 Å². The molecule has 0 aliphatic heterocycles. The number of carbonyl (C=O) groups is 1. The number of rotatable bonds is 6. The van der Waals surface area contributed by atoms with Crippen molar-refractivity contribution in [1.82, 2.24) is 4.31 Å². The van der Waals surface area contributed by atoms with Crippen LogP contribution in [0.1, 0.15) is 57.9 Å². The summed E-state index contributed by atoms with van der Waals surface area (Å²) in [5.74, 6) is 1.52. The van der Waals surface area contributed by atoms with Gasteiger partial charge in [-0.2, -0.15) is 4.31 Å². The highest BCUT2D eigenvalue weighted by atomic mass is 35.5. The molecule has 2 atom stereocenters. The quantitative estimate of drug-likeness (QED) is 0.700. The molecule has 0 radical (unpaired) electrons. The van der Waals surface area contributed by atoms with Crippen LogP contribution in [0, 0.1) is 30.6 Å². The second-order valence-electron chi connectivity index (χ2n) is 10.4. The molecule has 0 spiro atoms. The van der Waals surface area contributed by atoms with E-state index in [4.69, 9.17) is 11.6 Å². The molecule has 7 heteroatoms. The second kappa shape index (κ2) is 7.29. The molecule has 0 amide bonds. The molecule has 5 nitrogen and oxygen atoms in total. The number of likely N-dealkylation sites (N-methyl/N-ethyl adjacent to an activating group) is 1. The molecule has 0 aromatic heterocycles. The van der Waals surface area contributed by atoms with Crippen molar-refractivity contribution < 1.29 is 18.3 Å². The Balaban J connectivity index is 1.54. The fraction of sp³-hybridized carbons (Fsp3) is 0.696. The molecule has 1 N–H and O–H groups in total. The van der Waals surface area contributed by atoms with Crippen LogP contribution in [0.15, 0.2) is 23.1 Å². The van der Waals surface area contributed by atoms with E-state index >= 15 is 0 Å². The van der Waals surface area contributed by atoms with Gasteiger partial charge in [-0.05, 0) is 94.2 Å². The van der Waals surface area contributed by atoms with Gasteiger partial charge in [0.25, 0.3) is 0 Å². The molecule has 2 unspecified atom stereocenters. The molecule has 4 aliphatic carbocycles. The summed E-state index contributed by atoms with van der Waals surface area (Å²) < 4.78 is 27.8. The number of halogens is 1. The molecule has 4 saturated carbocycles. The van der Waals surface area contributed by atoms with Gasteiger partial charge >= 0.3 is 0 Å². The van der Waals surface area contributed by atoms with Gasteiger partial charge in [-0.3, -0.25) is 4.79 Å². The molecular weight excluding hydrogens is 422 g/mol. The summed E-state index contributed by atoms with van der Waals surface area (Å²) in [7, 11) is -2.40. The first-order valence-corrected chi connectivity index (χ1v) is 12.7. The third-order valence-corrected chi connectivity index (χ3v) is 10.8. The molecule has 1 aromatic rings. The maximum Gasteiger partial charge on any atom is 0.244 e. The van der Waals surface area contributed by atoms with Crippen molar-refractivity contribution in [2.75, 3.05) is 7.05 Å². The van der Waals surface area contributed by atoms with Gasteiger partial charge in [-0.1, -0.05) is 17.7 Å². The smallest absolute Gasteiger partial charge is 0.244 e. The van der Waals surface area contributed by atoms with Crippen LogP contribution in [-0.4, -0.2) is 41.8 Å².